The first kappa shape index (κ1) is 15.0. The number of hydrogen-bond donors (Lipinski definition) is 1. The average Bonchev–Trinajstić information content (AvgIpc) is 2.34. The van der Waals surface area contributed by atoms with E-state index >= 15 is 0 Å². The summed E-state index contributed by atoms with van der Waals surface area (Å²) in [6.07, 6.45) is 0.725. The largest absolute Gasteiger partial charge is 0.481 e. The molecule has 0 fully saturated rings. The van der Waals surface area contributed by atoms with Crippen LogP contribution in [0.25, 0.3) is 0 Å². The lowest BCUT2D eigenvalue weighted by molar-refractivity contribution is -0.137. The zero-order valence-electron chi connectivity index (χ0n) is 11.7. The Morgan fingerprint density at radius 2 is 2.16 bits per heavy atom. The summed E-state index contributed by atoms with van der Waals surface area (Å²) < 4.78 is 0. The van der Waals surface area contributed by atoms with Crippen LogP contribution in [0.3, 0.4) is 0 Å². The second-order valence-corrected chi connectivity index (χ2v) is 4.92. The van der Waals surface area contributed by atoms with Crippen LogP contribution < -0.4 is 4.90 Å². The second kappa shape index (κ2) is 6.79. The van der Waals surface area contributed by atoms with Crippen molar-refractivity contribution in [3.8, 4) is 6.07 Å². The maximum Gasteiger partial charge on any atom is 0.303 e. The molecule has 1 aromatic carbocycles. The van der Waals surface area contributed by atoms with Crippen LogP contribution in [-0.4, -0.2) is 23.7 Å². The Kier molecular flexibility index (Phi) is 5.37. The number of anilines is 1. The van der Waals surface area contributed by atoms with Crippen molar-refractivity contribution in [2.24, 2.45) is 0 Å². The molecule has 0 unspecified atom stereocenters. The summed E-state index contributed by atoms with van der Waals surface area (Å²) in [5, 5.41) is 17.9. The molecule has 0 radical (unpaired) electrons. The van der Waals surface area contributed by atoms with Gasteiger partial charge < -0.3 is 10.0 Å². The molecule has 0 amide bonds. The summed E-state index contributed by atoms with van der Waals surface area (Å²) in [6.45, 7) is 6.72. The third kappa shape index (κ3) is 4.29. The van der Waals surface area contributed by atoms with E-state index in [1.54, 1.807) is 0 Å². The molecule has 1 aromatic rings. The third-order valence-electron chi connectivity index (χ3n) is 3.00. The monoisotopic (exact) mass is 260 g/mol. The van der Waals surface area contributed by atoms with Crippen molar-refractivity contribution < 1.29 is 9.90 Å². The van der Waals surface area contributed by atoms with E-state index in [1.165, 1.54) is 0 Å². The number of carbonyl (C=O) groups is 1. The summed E-state index contributed by atoms with van der Waals surface area (Å²) in [4.78, 5) is 12.7. The van der Waals surface area contributed by atoms with Crippen LogP contribution in [0.5, 0.6) is 0 Å². The van der Waals surface area contributed by atoms with Crippen LogP contribution in [-0.2, 0) is 4.79 Å². The smallest absolute Gasteiger partial charge is 0.303 e. The van der Waals surface area contributed by atoms with E-state index in [2.05, 4.69) is 11.0 Å². The summed E-state index contributed by atoms with van der Waals surface area (Å²) in [6, 6.07) is 8.14. The van der Waals surface area contributed by atoms with Crippen molar-refractivity contribution >= 4 is 11.7 Å². The molecular formula is C15H20N2O2. The Bertz CT molecular complexity index is 489. The summed E-state index contributed by atoms with van der Waals surface area (Å²) >= 11 is 0. The van der Waals surface area contributed by atoms with Crippen LogP contribution >= 0.6 is 0 Å². The van der Waals surface area contributed by atoms with Crippen molar-refractivity contribution in [1.29, 1.82) is 5.26 Å². The molecule has 0 aliphatic rings. The van der Waals surface area contributed by atoms with E-state index < -0.39 is 5.97 Å². The number of benzene rings is 1. The predicted octanol–water partition coefficient (Wildman–Crippen LogP) is 2.95. The molecule has 1 rings (SSSR count). The van der Waals surface area contributed by atoms with Gasteiger partial charge in [-0.25, -0.2) is 0 Å². The number of hydrogen-bond acceptors (Lipinski definition) is 3. The van der Waals surface area contributed by atoms with E-state index in [1.807, 2.05) is 39.0 Å². The molecule has 0 aromatic heterocycles. The molecule has 0 bridgehead atoms. The number of aliphatic carboxylic acids is 1. The normalized spacial score (nSPS) is 10.3. The van der Waals surface area contributed by atoms with Gasteiger partial charge in [0, 0.05) is 19.0 Å². The van der Waals surface area contributed by atoms with Gasteiger partial charge in [0.2, 0.25) is 0 Å². The number of aryl methyl sites for hydroxylation is 1. The van der Waals surface area contributed by atoms with Gasteiger partial charge in [0.15, 0.2) is 0 Å². The van der Waals surface area contributed by atoms with Gasteiger partial charge >= 0.3 is 5.97 Å². The highest BCUT2D eigenvalue weighted by molar-refractivity contribution is 5.67. The van der Waals surface area contributed by atoms with Crippen LogP contribution in [0.2, 0.25) is 0 Å². The minimum absolute atomic E-state index is 0.150. The maximum atomic E-state index is 10.6. The maximum absolute atomic E-state index is 10.6. The second-order valence-electron chi connectivity index (χ2n) is 4.92. The fourth-order valence-corrected chi connectivity index (χ4v) is 2.03. The van der Waals surface area contributed by atoms with E-state index in [0.29, 0.717) is 18.5 Å². The highest BCUT2D eigenvalue weighted by atomic mass is 16.4. The van der Waals surface area contributed by atoms with Gasteiger partial charge in [-0.05, 0) is 44.9 Å². The zero-order chi connectivity index (χ0) is 14.4. The minimum atomic E-state index is -0.784. The van der Waals surface area contributed by atoms with Gasteiger partial charge in [-0.3, -0.25) is 4.79 Å². The van der Waals surface area contributed by atoms with E-state index in [9.17, 15) is 10.1 Å². The van der Waals surface area contributed by atoms with Crippen LogP contribution in [0.1, 0.15) is 37.8 Å². The molecule has 4 nitrogen and oxygen atoms in total. The summed E-state index contributed by atoms with van der Waals surface area (Å²) in [7, 11) is 0. The van der Waals surface area contributed by atoms with E-state index in [4.69, 9.17) is 5.11 Å². The molecular weight excluding hydrogens is 240 g/mol. The number of carboxylic acid groups (broad SMARTS) is 1. The van der Waals surface area contributed by atoms with Crippen molar-refractivity contribution in [3.63, 3.8) is 0 Å². The van der Waals surface area contributed by atoms with Gasteiger partial charge in [0.1, 0.15) is 6.07 Å². The first-order valence-electron chi connectivity index (χ1n) is 6.45. The fourth-order valence-electron chi connectivity index (χ4n) is 2.03. The number of nitrogens with zero attached hydrogens (tertiary/aromatic N) is 2. The molecule has 4 heteroatoms. The first-order valence-corrected chi connectivity index (χ1v) is 6.45. The standard InChI is InChI=1S/C15H20N2O2/c1-11(2)17(8-4-5-15(18)19)14-9-12(3)6-7-13(14)10-16/h6-7,9,11H,4-5,8H2,1-3H3,(H,18,19). The Morgan fingerprint density at radius 3 is 2.68 bits per heavy atom. The van der Waals surface area contributed by atoms with Crippen LogP contribution in [0, 0.1) is 18.3 Å². The first-order chi connectivity index (χ1) is 8.95. The van der Waals surface area contributed by atoms with E-state index in [-0.39, 0.29) is 12.5 Å². The molecule has 102 valence electrons. The van der Waals surface area contributed by atoms with Crippen molar-refractivity contribution in [2.75, 3.05) is 11.4 Å². The lowest BCUT2D eigenvalue weighted by atomic mass is 10.1. The van der Waals surface area contributed by atoms with Gasteiger partial charge in [-0.15, -0.1) is 0 Å². The third-order valence-corrected chi connectivity index (χ3v) is 3.00. The molecule has 0 spiro atoms. The number of rotatable bonds is 6. The minimum Gasteiger partial charge on any atom is -0.481 e. The number of nitriles is 1. The van der Waals surface area contributed by atoms with Crippen molar-refractivity contribution in [3.05, 3.63) is 29.3 Å². The highest BCUT2D eigenvalue weighted by Gasteiger charge is 2.15. The van der Waals surface area contributed by atoms with Crippen molar-refractivity contribution in [2.45, 2.75) is 39.7 Å². The SMILES string of the molecule is Cc1ccc(C#N)c(N(CCCC(=O)O)C(C)C)c1. The fraction of sp³-hybridized carbons (Fsp3) is 0.467. The Hall–Kier alpha value is -2.02. The predicted molar refractivity (Wildman–Crippen MR) is 75.2 cm³/mol. The Labute approximate surface area is 114 Å². The molecule has 0 aliphatic heterocycles. The number of carboxylic acids is 1. The topological polar surface area (TPSA) is 64.3 Å². The summed E-state index contributed by atoms with van der Waals surface area (Å²) in [5.74, 6) is -0.784. The van der Waals surface area contributed by atoms with Crippen LogP contribution in [0.15, 0.2) is 18.2 Å². The van der Waals surface area contributed by atoms with Crippen molar-refractivity contribution in [1.82, 2.24) is 0 Å². The Balaban J connectivity index is 2.96. The van der Waals surface area contributed by atoms with Crippen LogP contribution in [0.4, 0.5) is 5.69 Å². The lowest BCUT2D eigenvalue weighted by Gasteiger charge is -2.30. The van der Waals surface area contributed by atoms with Gasteiger partial charge in [-0.1, -0.05) is 6.07 Å². The zero-order valence-corrected chi connectivity index (χ0v) is 11.7. The molecule has 0 saturated heterocycles. The Morgan fingerprint density at radius 1 is 1.47 bits per heavy atom. The quantitative estimate of drug-likeness (QED) is 0.854. The molecule has 0 atom stereocenters. The van der Waals surface area contributed by atoms with Gasteiger partial charge in [0.05, 0.1) is 11.3 Å². The van der Waals surface area contributed by atoms with Gasteiger partial charge in [-0.2, -0.15) is 5.26 Å². The van der Waals surface area contributed by atoms with E-state index in [0.717, 1.165) is 11.3 Å². The van der Waals surface area contributed by atoms with Gasteiger partial charge in [0.25, 0.3) is 0 Å². The molecule has 19 heavy (non-hydrogen) atoms. The molecule has 0 saturated carbocycles. The molecule has 1 N–H and O–H groups in total. The lowest BCUT2D eigenvalue weighted by Crippen LogP contribution is -2.32. The molecule has 0 aliphatic carbocycles. The highest BCUT2D eigenvalue weighted by Crippen LogP contribution is 2.24. The average molecular weight is 260 g/mol. The summed E-state index contributed by atoms with van der Waals surface area (Å²) in [5.41, 5.74) is 2.62. The molecule has 0 heterocycles.